The van der Waals surface area contributed by atoms with Gasteiger partial charge in [0, 0.05) is 5.92 Å². The predicted molar refractivity (Wildman–Crippen MR) is 101 cm³/mol. The lowest BCUT2D eigenvalue weighted by Crippen LogP contribution is -2.76. The zero-order valence-electron chi connectivity index (χ0n) is 16.2. The number of aliphatic hydroxyl groups is 1. The van der Waals surface area contributed by atoms with Crippen molar-refractivity contribution in [2.75, 3.05) is 19.8 Å². The fourth-order valence-corrected chi connectivity index (χ4v) is 5.62. The van der Waals surface area contributed by atoms with Gasteiger partial charge in [-0.1, -0.05) is 24.3 Å². The van der Waals surface area contributed by atoms with Crippen molar-refractivity contribution in [1.29, 1.82) is 0 Å². The van der Waals surface area contributed by atoms with Crippen LogP contribution in [0.1, 0.15) is 6.42 Å². The molecule has 30 heavy (non-hydrogen) atoms. The van der Waals surface area contributed by atoms with Crippen LogP contribution in [0.25, 0.3) is 0 Å². The predicted octanol–water partition coefficient (Wildman–Crippen LogP) is -2.46. The molecule has 11 heteroatoms. The molecule has 0 aromatic heterocycles. The van der Waals surface area contributed by atoms with E-state index in [1.807, 2.05) is 24.3 Å². The first-order valence-electron chi connectivity index (χ1n) is 10.6. The standard InChI is InChI=1S/C19H22B2O9/c22-14-15-13-7-24-18(27-13)16(14)30-21(29-15)10-3-1-9(2-4-10)20(23)17-12-5-11-6-26-19(12,28-17)8-25-11/h1-4,11-18,22-23H,5-8H2/t11-,12+,13+,14-,15+,16+,17?,18+,19-/m0/s1. The van der Waals surface area contributed by atoms with E-state index in [4.69, 9.17) is 33.0 Å². The number of hydrogen-bond donors (Lipinski definition) is 2. The van der Waals surface area contributed by atoms with Crippen LogP contribution in [0.5, 0.6) is 0 Å². The molecule has 0 saturated carbocycles. The van der Waals surface area contributed by atoms with Crippen LogP contribution in [0.3, 0.4) is 0 Å². The Kier molecular flexibility index (Phi) is 4.02. The third-order valence-corrected chi connectivity index (χ3v) is 7.31. The summed E-state index contributed by atoms with van der Waals surface area (Å²) in [5.74, 6) is -0.535. The molecular weight excluding hydrogens is 394 g/mol. The summed E-state index contributed by atoms with van der Waals surface area (Å²) in [5, 5.41) is 21.3. The van der Waals surface area contributed by atoms with Gasteiger partial charge in [0.1, 0.15) is 31.0 Å². The van der Waals surface area contributed by atoms with Crippen LogP contribution < -0.4 is 10.9 Å². The van der Waals surface area contributed by atoms with E-state index in [0.29, 0.717) is 19.8 Å². The van der Waals surface area contributed by atoms with E-state index in [2.05, 4.69) is 0 Å². The number of hydrogen-bond acceptors (Lipinski definition) is 9. The monoisotopic (exact) mass is 416 g/mol. The zero-order chi connectivity index (χ0) is 20.0. The van der Waals surface area contributed by atoms with Crippen LogP contribution in [0.15, 0.2) is 24.3 Å². The molecule has 1 spiro atoms. The Morgan fingerprint density at radius 2 is 1.90 bits per heavy atom. The largest absolute Gasteiger partial charge is 0.494 e. The normalized spacial score (nSPS) is 48.3. The summed E-state index contributed by atoms with van der Waals surface area (Å²) < 4.78 is 40.6. The third-order valence-electron chi connectivity index (χ3n) is 7.31. The van der Waals surface area contributed by atoms with Crippen molar-refractivity contribution in [1.82, 2.24) is 0 Å². The molecule has 0 radical (unpaired) electrons. The topological polar surface area (TPSA) is 105 Å². The molecule has 7 saturated heterocycles. The second kappa shape index (κ2) is 6.50. The highest BCUT2D eigenvalue weighted by molar-refractivity contribution is 6.68. The van der Waals surface area contributed by atoms with Gasteiger partial charge < -0.3 is 43.1 Å². The van der Waals surface area contributed by atoms with Gasteiger partial charge in [0.25, 0.3) is 0 Å². The van der Waals surface area contributed by atoms with Crippen LogP contribution >= 0.6 is 0 Å². The zero-order valence-corrected chi connectivity index (χ0v) is 16.2. The molecule has 2 N–H and O–H groups in total. The van der Waals surface area contributed by atoms with Gasteiger partial charge >= 0.3 is 14.0 Å². The summed E-state index contributed by atoms with van der Waals surface area (Å²) in [7, 11) is -0.618. The van der Waals surface area contributed by atoms with E-state index >= 15 is 0 Å². The summed E-state index contributed by atoms with van der Waals surface area (Å²) in [4.78, 5) is 0. The van der Waals surface area contributed by atoms with Crippen molar-refractivity contribution in [3.63, 3.8) is 0 Å². The van der Waals surface area contributed by atoms with E-state index in [9.17, 15) is 10.1 Å². The Bertz CT molecular complexity index is 812. The van der Waals surface area contributed by atoms with Crippen LogP contribution in [0, 0.1) is 5.92 Å². The van der Waals surface area contributed by atoms with Crippen molar-refractivity contribution >= 4 is 25.0 Å². The molecule has 0 amide bonds. The maximum atomic E-state index is 10.9. The number of benzene rings is 1. The minimum absolute atomic E-state index is 0.0940. The highest BCUT2D eigenvalue weighted by Gasteiger charge is 2.65. The lowest BCUT2D eigenvalue weighted by molar-refractivity contribution is -0.440. The van der Waals surface area contributed by atoms with Gasteiger partial charge in [0.2, 0.25) is 0 Å². The lowest BCUT2D eigenvalue weighted by Gasteiger charge is -2.61. The Labute approximate surface area is 173 Å². The van der Waals surface area contributed by atoms with Crippen LogP contribution in [-0.4, -0.2) is 92.6 Å². The number of fused-ring (bicyclic) bond motifs is 8. The molecule has 1 aromatic rings. The SMILES string of the molecule is OB(c1ccc(B2O[C@H]3[C@@H]4OC[C@@H](O4)[C@@H](O2)[C@@H]3O)cc1)C1O[C@]23CO[C@H](CO2)C[C@H]13. The van der Waals surface area contributed by atoms with Gasteiger partial charge in [-0.2, -0.15) is 0 Å². The summed E-state index contributed by atoms with van der Waals surface area (Å²) in [5.41, 5.74) is 1.58. The van der Waals surface area contributed by atoms with E-state index in [1.54, 1.807) is 0 Å². The molecule has 0 aliphatic carbocycles. The van der Waals surface area contributed by atoms with Crippen molar-refractivity contribution < 1.29 is 43.1 Å². The maximum Gasteiger partial charge on any atom is 0.494 e. The molecule has 7 fully saturated rings. The first-order valence-corrected chi connectivity index (χ1v) is 10.6. The number of rotatable bonds is 3. The molecule has 1 unspecified atom stereocenters. The highest BCUT2D eigenvalue weighted by atomic mass is 16.8. The van der Waals surface area contributed by atoms with Gasteiger partial charge in [0.15, 0.2) is 12.1 Å². The highest BCUT2D eigenvalue weighted by Crippen LogP contribution is 2.50. The molecule has 9 atom stereocenters. The lowest BCUT2D eigenvalue weighted by atomic mass is 9.48. The molecule has 9 nitrogen and oxygen atoms in total. The first-order chi connectivity index (χ1) is 14.6. The van der Waals surface area contributed by atoms with E-state index in [1.165, 1.54) is 0 Å². The maximum absolute atomic E-state index is 10.9. The average molecular weight is 416 g/mol. The minimum Gasteiger partial charge on any atom is -0.445 e. The molecule has 6 bridgehead atoms. The van der Waals surface area contributed by atoms with Crippen molar-refractivity contribution in [3.8, 4) is 0 Å². The Hall–Kier alpha value is -1.01. The summed E-state index contributed by atoms with van der Waals surface area (Å²) >= 11 is 0. The van der Waals surface area contributed by atoms with E-state index in [-0.39, 0.29) is 24.1 Å². The molecular formula is C19H22B2O9. The van der Waals surface area contributed by atoms with Gasteiger partial charge in [-0.05, 0) is 17.3 Å². The molecule has 158 valence electrons. The van der Waals surface area contributed by atoms with Crippen molar-refractivity contribution in [2.24, 2.45) is 5.92 Å². The summed E-state index contributed by atoms with van der Waals surface area (Å²) in [6.45, 7) is 0.641. The van der Waals surface area contributed by atoms with Gasteiger partial charge in [-0.3, -0.25) is 0 Å². The molecule has 7 aliphatic heterocycles. The quantitative estimate of drug-likeness (QED) is 0.520. The fourth-order valence-electron chi connectivity index (χ4n) is 5.62. The Balaban J connectivity index is 1.07. The Morgan fingerprint density at radius 3 is 2.67 bits per heavy atom. The van der Waals surface area contributed by atoms with Crippen molar-refractivity contribution in [3.05, 3.63) is 24.3 Å². The first kappa shape index (κ1) is 18.6. The summed E-state index contributed by atoms with van der Waals surface area (Å²) in [6.07, 6.45) is -1.74. The van der Waals surface area contributed by atoms with E-state index < -0.39 is 44.4 Å². The Morgan fingerprint density at radius 1 is 1.07 bits per heavy atom. The van der Waals surface area contributed by atoms with Crippen LogP contribution in [0.4, 0.5) is 0 Å². The van der Waals surface area contributed by atoms with Crippen LogP contribution in [-0.2, 0) is 33.0 Å². The third kappa shape index (κ3) is 2.52. The molecule has 7 aliphatic rings. The van der Waals surface area contributed by atoms with Gasteiger partial charge in [0.05, 0.1) is 25.3 Å². The molecule has 1 aromatic carbocycles. The van der Waals surface area contributed by atoms with E-state index in [0.717, 1.165) is 17.3 Å². The molecule has 8 rings (SSSR count). The fraction of sp³-hybridized carbons (Fsp3) is 0.684. The smallest absolute Gasteiger partial charge is 0.445 e. The second-order valence-electron chi connectivity index (χ2n) is 8.99. The number of aliphatic hydroxyl groups excluding tert-OH is 1. The van der Waals surface area contributed by atoms with Gasteiger partial charge in [-0.25, -0.2) is 0 Å². The average Bonchev–Trinajstić information content (AvgIpc) is 3.23. The molecule has 7 heterocycles. The second-order valence-corrected chi connectivity index (χ2v) is 8.99. The summed E-state index contributed by atoms with van der Waals surface area (Å²) in [6, 6.07) is 7.18. The van der Waals surface area contributed by atoms with Gasteiger partial charge in [-0.15, -0.1) is 0 Å². The minimum atomic E-state index is -0.770. The van der Waals surface area contributed by atoms with Crippen LogP contribution in [0.2, 0.25) is 0 Å². The number of ether oxygens (including phenoxy) is 5. The van der Waals surface area contributed by atoms with Crippen molar-refractivity contribution in [2.45, 2.75) is 55.0 Å².